The van der Waals surface area contributed by atoms with Gasteiger partial charge >= 0.3 is 5.97 Å². The monoisotopic (exact) mass is 394 g/mol. The molecule has 0 heterocycles. The topological polar surface area (TPSA) is 73.1 Å². The molecule has 2 N–H and O–H groups in total. The number of rotatable bonds is 3. The number of nitriles is 1. The van der Waals surface area contributed by atoms with Crippen LogP contribution in [0.1, 0.15) is 15.9 Å². The van der Waals surface area contributed by atoms with E-state index in [1.807, 2.05) is 0 Å². The van der Waals surface area contributed by atoms with Crippen LogP contribution < -0.4 is 5.32 Å². The summed E-state index contributed by atoms with van der Waals surface area (Å²) < 4.78 is 1.40. The third kappa shape index (κ3) is 3.18. The molecule has 2 aromatic carbocycles. The third-order valence-electron chi connectivity index (χ3n) is 2.58. The fraction of sp³-hybridized carbons (Fsp3) is 0. The van der Waals surface area contributed by atoms with E-state index in [1.54, 1.807) is 24.3 Å². The van der Waals surface area contributed by atoms with Crippen LogP contribution in [-0.2, 0) is 0 Å². The zero-order valence-electron chi connectivity index (χ0n) is 10.0. The van der Waals surface area contributed by atoms with Gasteiger partial charge in [-0.2, -0.15) is 5.26 Å². The summed E-state index contributed by atoms with van der Waals surface area (Å²) in [7, 11) is 0. The zero-order valence-corrected chi connectivity index (χ0v) is 13.2. The normalized spacial score (nSPS) is 9.85. The molecular formula is C14H8Br2N2O2. The summed E-state index contributed by atoms with van der Waals surface area (Å²) in [6.45, 7) is 0. The van der Waals surface area contributed by atoms with Crippen LogP contribution in [0.2, 0.25) is 0 Å². The number of benzene rings is 2. The van der Waals surface area contributed by atoms with Crippen LogP contribution >= 0.6 is 31.9 Å². The predicted molar refractivity (Wildman–Crippen MR) is 83.2 cm³/mol. The van der Waals surface area contributed by atoms with Crippen molar-refractivity contribution in [2.24, 2.45) is 0 Å². The number of nitrogens with zero attached hydrogens (tertiary/aromatic N) is 1. The highest BCUT2D eigenvalue weighted by Crippen LogP contribution is 2.31. The van der Waals surface area contributed by atoms with Gasteiger partial charge in [0.1, 0.15) is 0 Å². The van der Waals surface area contributed by atoms with E-state index in [0.29, 0.717) is 10.0 Å². The van der Waals surface area contributed by atoms with Crippen molar-refractivity contribution in [2.45, 2.75) is 0 Å². The van der Waals surface area contributed by atoms with Crippen molar-refractivity contribution in [2.75, 3.05) is 5.32 Å². The highest BCUT2D eigenvalue weighted by molar-refractivity contribution is 9.11. The van der Waals surface area contributed by atoms with E-state index < -0.39 is 5.97 Å². The number of halogens is 2. The van der Waals surface area contributed by atoms with Crippen molar-refractivity contribution in [1.82, 2.24) is 0 Å². The Morgan fingerprint density at radius 1 is 1.10 bits per heavy atom. The summed E-state index contributed by atoms with van der Waals surface area (Å²) in [5, 5.41) is 20.9. The van der Waals surface area contributed by atoms with Gasteiger partial charge in [-0.25, -0.2) is 4.79 Å². The molecule has 0 amide bonds. The van der Waals surface area contributed by atoms with Gasteiger partial charge in [0, 0.05) is 8.95 Å². The van der Waals surface area contributed by atoms with Crippen LogP contribution in [0.4, 0.5) is 11.4 Å². The van der Waals surface area contributed by atoms with E-state index in [2.05, 4.69) is 43.2 Å². The zero-order chi connectivity index (χ0) is 14.7. The summed E-state index contributed by atoms with van der Waals surface area (Å²) in [6.07, 6.45) is 0. The van der Waals surface area contributed by atoms with Crippen LogP contribution in [0.25, 0.3) is 0 Å². The number of hydrogen-bond acceptors (Lipinski definition) is 3. The molecule has 0 fully saturated rings. The second kappa shape index (κ2) is 6.07. The molecule has 20 heavy (non-hydrogen) atoms. The Labute approximate surface area is 132 Å². The van der Waals surface area contributed by atoms with Crippen molar-refractivity contribution in [3.63, 3.8) is 0 Å². The average Bonchev–Trinajstić information content (AvgIpc) is 2.42. The molecule has 6 heteroatoms. The molecule has 0 aliphatic rings. The molecule has 0 unspecified atom stereocenters. The largest absolute Gasteiger partial charge is 0.478 e. The molecule has 2 aromatic rings. The lowest BCUT2D eigenvalue weighted by Crippen LogP contribution is -1.98. The molecule has 0 aromatic heterocycles. The minimum atomic E-state index is -0.975. The minimum absolute atomic E-state index is 0.210. The van der Waals surface area contributed by atoms with Gasteiger partial charge in [0.2, 0.25) is 0 Å². The Hall–Kier alpha value is -1.84. The average molecular weight is 396 g/mol. The van der Waals surface area contributed by atoms with Crippen molar-refractivity contribution in [1.29, 1.82) is 5.26 Å². The first-order valence-corrected chi connectivity index (χ1v) is 7.09. The number of carboxylic acid groups (broad SMARTS) is 1. The van der Waals surface area contributed by atoms with Crippen LogP contribution in [0, 0.1) is 11.3 Å². The Balaban J connectivity index is 2.31. The molecule has 0 atom stereocenters. The fourth-order valence-corrected chi connectivity index (χ4v) is 2.54. The SMILES string of the molecule is N#Cc1ccc(Nc2ccc(C(=O)O)cc2Br)c(Br)c1. The van der Waals surface area contributed by atoms with Gasteiger partial charge in [-0.1, -0.05) is 0 Å². The molecule has 0 saturated carbocycles. The standard InChI is InChI=1S/C14H8Br2N2O2/c15-10-5-8(7-17)1-3-12(10)18-13-4-2-9(14(19)20)6-11(13)16/h1-6,18H,(H,19,20). The number of carbonyl (C=O) groups is 1. The van der Waals surface area contributed by atoms with E-state index in [4.69, 9.17) is 10.4 Å². The smallest absolute Gasteiger partial charge is 0.335 e. The summed E-state index contributed by atoms with van der Waals surface area (Å²) in [4.78, 5) is 10.9. The van der Waals surface area contributed by atoms with Crippen molar-refractivity contribution < 1.29 is 9.90 Å². The number of hydrogen-bond donors (Lipinski definition) is 2. The first-order chi connectivity index (χ1) is 9.51. The molecule has 0 spiro atoms. The van der Waals surface area contributed by atoms with E-state index in [1.165, 1.54) is 12.1 Å². The lowest BCUT2D eigenvalue weighted by atomic mass is 10.2. The fourth-order valence-electron chi connectivity index (χ4n) is 1.58. The van der Waals surface area contributed by atoms with Crippen LogP contribution in [-0.4, -0.2) is 11.1 Å². The number of anilines is 2. The van der Waals surface area contributed by atoms with Gasteiger partial charge in [0.05, 0.1) is 28.6 Å². The number of aromatic carboxylic acids is 1. The first-order valence-electron chi connectivity index (χ1n) is 5.51. The molecule has 0 aliphatic carbocycles. The Bertz CT molecular complexity index is 724. The molecule has 0 bridgehead atoms. The molecule has 0 radical (unpaired) electrons. The van der Waals surface area contributed by atoms with Gasteiger partial charge in [0.25, 0.3) is 0 Å². The minimum Gasteiger partial charge on any atom is -0.478 e. The van der Waals surface area contributed by atoms with Gasteiger partial charge < -0.3 is 10.4 Å². The van der Waals surface area contributed by atoms with Crippen molar-refractivity contribution in [3.05, 3.63) is 56.5 Å². The molecule has 4 nitrogen and oxygen atoms in total. The van der Waals surface area contributed by atoms with Gasteiger partial charge in [-0.05, 0) is 68.3 Å². The van der Waals surface area contributed by atoms with E-state index in [0.717, 1.165) is 15.8 Å². The predicted octanol–water partition coefficient (Wildman–Crippen LogP) is 4.53. The van der Waals surface area contributed by atoms with Crippen molar-refractivity contribution in [3.8, 4) is 6.07 Å². The Morgan fingerprint density at radius 2 is 1.70 bits per heavy atom. The lowest BCUT2D eigenvalue weighted by Gasteiger charge is -2.11. The maximum Gasteiger partial charge on any atom is 0.335 e. The second-order valence-corrected chi connectivity index (χ2v) is 5.64. The molecular weight excluding hydrogens is 388 g/mol. The molecule has 100 valence electrons. The number of carboxylic acids is 1. The van der Waals surface area contributed by atoms with E-state index in [-0.39, 0.29) is 5.56 Å². The van der Waals surface area contributed by atoms with Crippen molar-refractivity contribution >= 4 is 49.2 Å². The maximum atomic E-state index is 10.9. The van der Waals surface area contributed by atoms with Crippen LogP contribution in [0.15, 0.2) is 45.3 Å². The second-order valence-electron chi connectivity index (χ2n) is 3.93. The third-order valence-corrected chi connectivity index (χ3v) is 3.90. The van der Waals surface area contributed by atoms with E-state index in [9.17, 15) is 4.79 Å². The number of nitrogens with one attached hydrogen (secondary N) is 1. The van der Waals surface area contributed by atoms with Gasteiger partial charge in [0.15, 0.2) is 0 Å². The highest BCUT2D eigenvalue weighted by atomic mass is 79.9. The Kier molecular flexibility index (Phi) is 4.42. The summed E-state index contributed by atoms with van der Waals surface area (Å²) in [5.74, 6) is -0.975. The summed E-state index contributed by atoms with van der Waals surface area (Å²) in [5.41, 5.74) is 2.29. The van der Waals surface area contributed by atoms with Gasteiger partial charge in [-0.3, -0.25) is 0 Å². The summed E-state index contributed by atoms with van der Waals surface area (Å²) >= 11 is 6.72. The Morgan fingerprint density at radius 3 is 2.20 bits per heavy atom. The van der Waals surface area contributed by atoms with Crippen LogP contribution in [0.3, 0.4) is 0 Å². The van der Waals surface area contributed by atoms with Crippen LogP contribution in [0.5, 0.6) is 0 Å². The lowest BCUT2D eigenvalue weighted by molar-refractivity contribution is 0.0697. The molecule has 0 aliphatic heterocycles. The quantitative estimate of drug-likeness (QED) is 0.800. The molecule has 0 saturated heterocycles. The summed E-state index contributed by atoms with van der Waals surface area (Å²) in [6, 6.07) is 12.0. The van der Waals surface area contributed by atoms with Gasteiger partial charge in [-0.15, -0.1) is 0 Å². The van der Waals surface area contributed by atoms with E-state index >= 15 is 0 Å². The highest BCUT2D eigenvalue weighted by Gasteiger charge is 2.08. The molecule has 2 rings (SSSR count). The maximum absolute atomic E-state index is 10.9. The first kappa shape index (κ1) is 14.6.